The smallest absolute Gasteiger partial charge is 0.259 e. The number of piperidine rings is 1. The van der Waals surface area contributed by atoms with Crippen LogP contribution in [0.4, 0.5) is 0 Å². The number of aromatic nitrogens is 1. The molecule has 2 aliphatic heterocycles. The number of hydrogen-bond donors (Lipinski definition) is 0. The summed E-state index contributed by atoms with van der Waals surface area (Å²) in [7, 11) is 0. The molecular formula is C27H39N3O3. The predicted octanol–water partition coefficient (Wildman–Crippen LogP) is 4.63. The van der Waals surface area contributed by atoms with Crippen molar-refractivity contribution in [2.75, 3.05) is 19.6 Å². The van der Waals surface area contributed by atoms with Crippen molar-refractivity contribution >= 4 is 11.8 Å². The second-order valence-electron chi connectivity index (χ2n) is 12.3. The average molecular weight is 454 g/mol. The SMILES string of the molecule is CC1(C)C[C@H]2C[C@](C)(CN2C(=O)c2cn(C3CCCC3)cc(C(=O)N3CCCCC3)c2=O)C1. The maximum absolute atomic E-state index is 13.9. The Morgan fingerprint density at radius 3 is 2.15 bits per heavy atom. The summed E-state index contributed by atoms with van der Waals surface area (Å²) in [5.74, 6) is -0.374. The van der Waals surface area contributed by atoms with Gasteiger partial charge in [-0.25, -0.2) is 0 Å². The van der Waals surface area contributed by atoms with Crippen LogP contribution in [0.1, 0.15) is 112 Å². The Bertz CT molecular complexity index is 1000. The van der Waals surface area contributed by atoms with Gasteiger partial charge in [0.2, 0.25) is 5.43 Å². The number of likely N-dealkylation sites (tertiary alicyclic amines) is 2. The summed E-state index contributed by atoms with van der Waals surface area (Å²) < 4.78 is 2.02. The molecule has 180 valence electrons. The first-order valence-corrected chi connectivity index (χ1v) is 13.0. The van der Waals surface area contributed by atoms with Crippen LogP contribution in [0.25, 0.3) is 0 Å². The Balaban J connectivity index is 1.52. The molecule has 0 radical (unpaired) electrons. The molecule has 0 spiro atoms. The van der Waals surface area contributed by atoms with Crippen molar-refractivity contribution in [2.24, 2.45) is 10.8 Å². The molecule has 0 N–H and O–H groups in total. The summed E-state index contributed by atoms with van der Waals surface area (Å²) in [5.41, 5.74) is 0.300. The first-order valence-electron chi connectivity index (χ1n) is 13.0. The highest BCUT2D eigenvalue weighted by molar-refractivity contribution is 5.99. The standard InChI is InChI=1S/C27H39N3O3/c1-26(2)13-20-14-27(3,17-26)18-30(20)25(33)22-16-29(19-9-5-6-10-19)15-21(23(22)31)24(32)28-11-7-4-8-12-28/h15-16,19-20H,4-14,17-18H2,1-3H3/t20-,27-/m0/s1. The summed E-state index contributed by atoms with van der Waals surface area (Å²) in [5, 5.41) is 0. The Morgan fingerprint density at radius 2 is 1.48 bits per heavy atom. The van der Waals surface area contributed by atoms with Gasteiger partial charge in [0.25, 0.3) is 11.8 Å². The second-order valence-corrected chi connectivity index (χ2v) is 12.3. The van der Waals surface area contributed by atoms with Crippen molar-refractivity contribution in [3.05, 3.63) is 33.7 Å². The van der Waals surface area contributed by atoms with Crippen LogP contribution >= 0.6 is 0 Å². The van der Waals surface area contributed by atoms with Gasteiger partial charge in [0.15, 0.2) is 0 Å². The van der Waals surface area contributed by atoms with Crippen molar-refractivity contribution in [3.8, 4) is 0 Å². The number of fused-ring (bicyclic) bond motifs is 2. The summed E-state index contributed by atoms with van der Waals surface area (Å²) in [6, 6.07) is 0.436. The van der Waals surface area contributed by atoms with E-state index in [0.717, 1.165) is 64.2 Å². The lowest BCUT2D eigenvalue weighted by atomic mass is 9.65. The Hall–Kier alpha value is -2.11. The van der Waals surface area contributed by atoms with E-state index >= 15 is 0 Å². The van der Waals surface area contributed by atoms with Crippen molar-refractivity contribution in [1.29, 1.82) is 0 Å². The molecule has 33 heavy (non-hydrogen) atoms. The maximum atomic E-state index is 13.9. The van der Waals surface area contributed by atoms with E-state index in [1.54, 1.807) is 17.3 Å². The van der Waals surface area contributed by atoms with Crippen molar-refractivity contribution < 1.29 is 9.59 Å². The minimum absolute atomic E-state index is 0.105. The zero-order chi connectivity index (χ0) is 23.4. The predicted molar refractivity (Wildman–Crippen MR) is 129 cm³/mol. The number of carbonyl (C=O) groups excluding carboxylic acids is 2. The molecule has 6 heteroatoms. The van der Waals surface area contributed by atoms with Crippen LogP contribution in [-0.4, -0.2) is 51.9 Å². The molecule has 5 rings (SSSR count). The third-order valence-electron chi connectivity index (χ3n) is 8.57. The van der Waals surface area contributed by atoms with Crippen LogP contribution in [0.15, 0.2) is 17.2 Å². The average Bonchev–Trinajstić information content (AvgIpc) is 3.39. The fraction of sp³-hybridized carbons (Fsp3) is 0.741. The molecule has 2 saturated carbocycles. The molecule has 2 aliphatic carbocycles. The van der Waals surface area contributed by atoms with E-state index in [-0.39, 0.29) is 51.3 Å². The molecule has 4 aliphatic rings. The Labute approximate surface area is 197 Å². The number of amides is 2. The normalized spacial score (nSPS) is 29.5. The fourth-order valence-corrected chi connectivity index (χ4v) is 7.44. The third kappa shape index (κ3) is 4.26. The van der Waals surface area contributed by atoms with Gasteiger partial charge in [-0.05, 0) is 62.2 Å². The van der Waals surface area contributed by atoms with E-state index in [9.17, 15) is 14.4 Å². The minimum atomic E-state index is -0.379. The molecule has 1 aromatic rings. The Kier molecular flexibility index (Phi) is 5.69. The molecule has 0 unspecified atom stereocenters. The van der Waals surface area contributed by atoms with Crippen LogP contribution < -0.4 is 5.43 Å². The molecule has 6 nitrogen and oxygen atoms in total. The van der Waals surface area contributed by atoms with Crippen LogP contribution in [0, 0.1) is 10.8 Å². The van der Waals surface area contributed by atoms with Crippen LogP contribution in [0.3, 0.4) is 0 Å². The van der Waals surface area contributed by atoms with Crippen molar-refractivity contribution in [2.45, 2.75) is 97.1 Å². The fourth-order valence-electron chi connectivity index (χ4n) is 7.44. The number of pyridine rings is 1. The lowest BCUT2D eigenvalue weighted by Crippen LogP contribution is -2.42. The first-order chi connectivity index (χ1) is 15.7. The zero-order valence-electron chi connectivity index (χ0n) is 20.6. The molecule has 2 amide bonds. The zero-order valence-corrected chi connectivity index (χ0v) is 20.6. The van der Waals surface area contributed by atoms with E-state index < -0.39 is 0 Å². The molecule has 2 bridgehead atoms. The van der Waals surface area contributed by atoms with Gasteiger partial charge >= 0.3 is 0 Å². The quantitative estimate of drug-likeness (QED) is 0.670. The molecule has 0 aromatic carbocycles. The second kappa shape index (κ2) is 8.28. The number of rotatable bonds is 3. The van der Waals surface area contributed by atoms with Gasteiger partial charge in [-0.1, -0.05) is 33.6 Å². The summed E-state index contributed by atoms with van der Waals surface area (Å²) in [6.07, 6.45) is 14.0. The molecule has 3 heterocycles. The molecular weight excluding hydrogens is 414 g/mol. The number of nitrogens with zero attached hydrogens (tertiary/aromatic N) is 3. The molecule has 2 saturated heterocycles. The molecule has 1 aromatic heterocycles. The van der Waals surface area contributed by atoms with Gasteiger partial charge in [0, 0.05) is 44.1 Å². The van der Waals surface area contributed by atoms with E-state index in [4.69, 9.17) is 0 Å². The number of carbonyl (C=O) groups is 2. The van der Waals surface area contributed by atoms with E-state index in [0.29, 0.717) is 19.6 Å². The topological polar surface area (TPSA) is 62.6 Å². The van der Waals surface area contributed by atoms with Gasteiger partial charge in [0.05, 0.1) is 0 Å². The van der Waals surface area contributed by atoms with Crippen LogP contribution in [0.5, 0.6) is 0 Å². The van der Waals surface area contributed by atoms with E-state index in [1.807, 2.05) is 9.47 Å². The largest absolute Gasteiger partial charge is 0.349 e. The molecule has 2 atom stereocenters. The van der Waals surface area contributed by atoms with Gasteiger partial charge in [0.1, 0.15) is 11.1 Å². The van der Waals surface area contributed by atoms with E-state index in [1.165, 1.54) is 0 Å². The monoisotopic (exact) mass is 453 g/mol. The highest BCUT2D eigenvalue weighted by Crippen LogP contribution is 2.52. The van der Waals surface area contributed by atoms with Crippen LogP contribution in [0.2, 0.25) is 0 Å². The third-order valence-corrected chi connectivity index (χ3v) is 8.57. The summed E-state index contributed by atoms with van der Waals surface area (Å²) in [4.78, 5) is 44.6. The first kappa shape index (κ1) is 22.7. The van der Waals surface area contributed by atoms with Gasteiger partial charge in [-0.2, -0.15) is 0 Å². The highest BCUT2D eigenvalue weighted by Gasteiger charge is 2.51. The Morgan fingerprint density at radius 1 is 0.848 bits per heavy atom. The van der Waals surface area contributed by atoms with Gasteiger partial charge in [-0.15, -0.1) is 0 Å². The van der Waals surface area contributed by atoms with E-state index in [2.05, 4.69) is 20.8 Å². The van der Waals surface area contributed by atoms with Crippen LogP contribution in [-0.2, 0) is 0 Å². The highest BCUT2D eigenvalue weighted by atomic mass is 16.2. The summed E-state index contributed by atoms with van der Waals surface area (Å²) in [6.45, 7) is 8.95. The lowest BCUT2D eigenvalue weighted by Gasteiger charge is -2.39. The molecule has 4 fully saturated rings. The van der Waals surface area contributed by atoms with Crippen molar-refractivity contribution in [1.82, 2.24) is 14.4 Å². The maximum Gasteiger partial charge on any atom is 0.259 e. The summed E-state index contributed by atoms with van der Waals surface area (Å²) >= 11 is 0. The number of hydrogen-bond acceptors (Lipinski definition) is 3. The van der Waals surface area contributed by atoms with Crippen molar-refractivity contribution in [3.63, 3.8) is 0 Å². The van der Waals surface area contributed by atoms with Gasteiger partial charge in [-0.3, -0.25) is 14.4 Å². The lowest BCUT2D eigenvalue weighted by molar-refractivity contribution is 0.0705. The minimum Gasteiger partial charge on any atom is -0.349 e. The van der Waals surface area contributed by atoms with Gasteiger partial charge < -0.3 is 14.4 Å².